The minimum Gasteiger partial charge on any atom is -0.379 e. The number of nitrogens with two attached hydrogens (primary N) is 1. The van der Waals surface area contributed by atoms with Crippen molar-refractivity contribution in [2.24, 2.45) is 5.73 Å². The van der Waals surface area contributed by atoms with Gasteiger partial charge in [-0.05, 0) is 13.8 Å². The van der Waals surface area contributed by atoms with Gasteiger partial charge in [-0.1, -0.05) is 0 Å². The molecular formula is C6H15NO2. The average Bonchev–Trinajstić information content (AvgIpc) is 1.63. The van der Waals surface area contributed by atoms with Crippen LogP contribution >= 0.6 is 0 Å². The molecule has 0 spiro atoms. The Morgan fingerprint density at radius 3 is 2.44 bits per heavy atom. The first kappa shape index (κ1) is 8.88. The topological polar surface area (TPSA) is 55.5 Å². The Labute approximate surface area is 55.8 Å². The second kappa shape index (κ2) is 4.73. The molecule has 0 fully saturated rings. The van der Waals surface area contributed by atoms with Crippen LogP contribution in [0.25, 0.3) is 0 Å². The van der Waals surface area contributed by atoms with E-state index in [1.54, 1.807) is 0 Å². The Bertz CT molecular complexity index is 56.1. The molecule has 0 aromatic heterocycles. The third-order valence-corrected chi connectivity index (χ3v) is 0.865. The van der Waals surface area contributed by atoms with E-state index in [2.05, 4.69) is 0 Å². The van der Waals surface area contributed by atoms with Crippen molar-refractivity contribution in [2.75, 3.05) is 6.61 Å². The third-order valence-electron chi connectivity index (χ3n) is 0.865. The summed E-state index contributed by atoms with van der Waals surface area (Å²) >= 11 is 0. The second-order valence-electron chi connectivity index (χ2n) is 2.28. The Kier molecular flexibility index (Phi) is 4.67. The molecule has 0 aliphatic heterocycles. The maximum absolute atomic E-state index is 8.56. The first-order chi connectivity index (χ1) is 4.13. The lowest BCUT2D eigenvalue weighted by Crippen LogP contribution is -2.21. The number of aliphatic hydroxyl groups excluding tert-OH is 1. The Hall–Kier alpha value is -0.120. The van der Waals surface area contributed by atoms with Gasteiger partial charge in [0.2, 0.25) is 0 Å². The molecule has 0 aliphatic carbocycles. The fourth-order valence-electron chi connectivity index (χ4n) is 0.424. The van der Waals surface area contributed by atoms with E-state index < -0.39 is 6.23 Å². The zero-order valence-electron chi connectivity index (χ0n) is 6.00. The fourth-order valence-corrected chi connectivity index (χ4v) is 0.424. The van der Waals surface area contributed by atoms with Crippen LogP contribution in [-0.4, -0.2) is 24.0 Å². The van der Waals surface area contributed by atoms with Gasteiger partial charge in [0.1, 0.15) is 6.23 Å². The summed E-state index contributed by atoms with van der Waals surface area (Å²) in [7, 11) is 0. The van der Waals surface area contributed by atoms with Gasteiger partial charge < -0.3 is 15.6 Å². The lowest BCUT2D eigenvalue weighted by molar-refractivity contribution is 0.0486. The Morgan fingerprint density at radius 2 is 2.11 bits per heavy atom. The molecule has 1 unspecified atom stereocenters. The van der Waals surface area contributed by atoms with Crippen molar-refractivity contribution < 1.29 is 9.84 Å². The molecule has 0 aromatic carbocycles. The van der Waals surface area contributed by atoms with E-state index in [-0.39, 0.29) is 6.10 Å². The van der Waals surface area contributed by atoms with Gasteiger partial charge in [0.25, 0.3) is 0 Å². The Morgan fingerprint density at radius 1 is 1.56 bits per heavy atom. The molecule has 0 rings (SSSR count). The van der Waals surface area contributed by atoms with Crippen molar-refractivity contribution in [3.8, 4) is 0 Å². The lowest BCUT2D eigenvalue weighted by atomic mass is 10.4. The largest absolute Gasteiger partial charge is 0.379 e. The molecular weight excluding hydrogens is 118 g/mol. The number of hydrogen-bond acceptors (Lipinski definition) is 3. The molecule has 0 heterocycles. The van der Waals surface area contributed by atoms with Crippen LogP contribution in [0.4, 0.5) is 0 Å². The van der Waals surface area contributed by atoms with E-state index in [1.165, 1.54) is 0 Å². The number of aliphatic hydroxyl groups is 1. The quantitative estimate of drug-likeness (QED) is 0.534. The fraction of sp³-hybridized carbons (Fsp3) is 1.00. The first-order valence-electron chi connectivity index (χ1n) is 3.18. The summed E-state index contributed by atoms with van der Waals surface area (Å²) in [5.41, 5.74) is 5.05. The smallest absolute Gasteiger partial charge is 0.104 e. The average molecular weight is 133 g/mol. The molecule has 56 valence electrons. The van der Waals surface area contributed by atoms with E-state index in [4.69, 9.17) is 15.6 Å². The molecule has 0 aliphatic rings. The lowest BCUT2D eigenvalue weighted by Gasteiger charge is -2.07. The highest BCUT2D eigenvalue weighted by Gasteiger charge is 1.96. The van der Waals surface area contributed by atoms with Crippen LogP contribution in [0.15, 0.2) is 0 Å². The van der Waals surface area contributed by atoms with E-state index in [1.807, 2.05) is 13.8 Å². The molecule has 0 bridgehead atoms. The molecule has 0 amide bonds. The highest BCUT2D eigenvalue weighted by atomic mass is 16.5. The van der Waals surface area contributed by atoms with Gasteiger partial charge in [0.15, 0.2) is 0 Å². The summed E-state index contributed by atoms with van der Waals surface area (Å²) in [6.07, 6.45) is 0.00514. The van der Waals surface area contributed by atoms with Gasteiger partial charge in [-0.25, -0.2) is 0 Å². The van der Waals surface area contributed by atoms with E-state index in [9.17, 15) is 0 Å². The van der Waals surface area contributed by atoms with Crippen molar-refractivity contribution in [3.05, 3.63) is 0 Å². The van der Waals surface area contributed by atoms with Gasteiger partial charge in [-0.2, -0.15) is 0 Å². The molecule has 0 radical (unpaired) electrons. The van der Waals surface area contributed by atoms with Crippen LogP contribution in [-0.2, 0) is 4.74 Å². The SMILES string of the molecule is CC(C)OCCC(N)O. The molecule has 3 heteroatoms. The van der Waals surface area contributed by atoms with Crippen LogP contribution in [0, 0.1) is 0 Å². The van der Waals surface area contributed by atoms with Gasteiger partial charge in [-0.15, -0.1) is 0 Å². The minimum atomic E-state index is -0.733. The summed E-state index contributed by atoms with van der Waals surface area (Å²) in [4.78, 5) is 0. The van der Waals surface area contributed by atoms with Crippen LogP contribution in [0.3, 0.4) is 0 Å². The van der Waals surface area contributed by atoms with Crippen LogP contribution in [0.2, 0.25) is 0 Å². The van der Waals surface area contributed by atoms with E-state index in [0.717, 1.165) is 0 Å². The number of hydrogen-bond donors (Lipinski definition) is 2. The van der Waals surface area contributed by atoms with E-state index in [0.29, 0.717) is 13.0 Å². The standard InChI is InChI=1S/C6H15NO2/c1-5(2)9-4-3-6(7)8/h5-6,8H,3-4,7H2,1-2H3. The summed E-state index contributed by atoms with van der Waals surface area (Å²) < 4.78 is 5.11. The van der Waals surface area contributed by atoms with Crippen molar-refractivity contribution in [2.45, 2.75) is 32.6 Å². The first-order valence-corrected chi connectivity index (χ1v) is 3.18. The zero-order chi connectivity index (χ0) is 7.28. The molecule has 0 saturated carbocycles. The predicted octanol–water partition coefficient (Wildman–Crippen LogP) is 0.0786. The van der Waals surface area contributed by atoms with Crippen molar-refractivity contribution in [3.63, 3.8) is 0 Å². The van der Waals surface area contributed by atoms with Gasteiger partial charge in [0.05, 0.1) is 12.7 Å². The van der Waals surface area contributed by atoms with Crippen LogP contribution in [0.1, 0.15) is 20.3 Å². The predicted molar refractivity (Wildman–Crippen MR) is 35.9 cm³/mol. The van der Waals surface area contributed by atoms with Crippen molar-refractivity contribution in [1.82, 2.24) is 0 Å². The maximum atomic E-state index is 8.56. The van der Waals surface area contributed by atoms with Gasteiger partial charge >= 0.3 is 0 Å². The van der Waals surface area contributed by atoms with Gasteiger partial charge in [-0.3, -0.25) is 0 Å². The molecule has 1 atom stereocenters. The highest BCUT2D eigenvalue weighted by molar-refractivity contribution is 4.43. The number of rotatable bonds is 4. The normalized spacial score (nSPS) is 14.3. The van der Waals surface area contributed by atoms with Crippen LogP contribution in [0.5, 0.6) is 0 Å². The summed E-state index contributed by atoms with van der Waals surface area (Å²) in [6.45, 7) is 4.43. The van der Waals surface area contributed by atoms with Crippen molar-refractivity contribution >= 4 is 0 Å². The number of ether oxygens (including phenoxy) is 1. The van der Waals surface area contributed by atoms with Gasteiger partial charge in [0, 0.05) is 6.42 Å². The minimum absolute atomic E-state index is 0.226. The molecule has 3 nitrogen and oxygen atoms in total. The molecule has 3 N–H and O–H groups in total. The monoisotopic (exact) mass is 133 g/mol. The third kappa shape index (κ3) is 7.88. The highest BCUT2D eigenvalue weighted by Crippen LogP contribution is 1.90. The Balaban J connectivity index is 2.91. The molecule has 0 aromatic rings. The summed E-state index contributed by atoms with van der Waals surface area (Å²) in [6, 6.07) is 0. The zero-order valence-corrected chi connectivity index (χ0v) is 6.00. The molecule has 9 heavy (non-hydrogen) atoms. The second-order valence-corrected chi connectivity index (χ2v) is 2.28. The van der Waals surface area contributed by atoms with E-state index >= 15 is 0 Å². The summed E-state index contributed by atoms with van der Waals surface area (Å²) in [5, 5.41) is 8.56. The van der Waals surface area contributed by atoms with Crippen molar-refractivity contribution in [1.29, 1.82) is 0 Å². The van der Waals surface area contributed by atoms with Crippen LogP contribution < -0.4 is 5.73 Å². The maximum Gasteiger partial charge on any atom is 0.104 e. The summed E-state index contributed by atoms with van der Waals surface area (Å²) in [5.74, 6) is 0. The molecule has 0 saturated heterocycles.